The van der Waals surface area contributed by atoms with Crippen LogP contribution >= 0.6 is 11.6 Å². The van der Waals surface area contributed by atoms with E-state index in [1.54, 1.807) is 18.2 Å². The molecule has 2 aromatic rings. The molecule has 1 N–H and O–H groups in total. The number of methoxy groups -OCH3 is 1. The zero-order valence-corrected chi connectivity index (χ0v) is 17.1. The van der Waals surface area contributed by atoms with Crippen LogP contribution < -0.4 is 15.0 Å². The molecule has 144 valence electrons. The third kappa shape index (κ3) is 5.01. The second-order valence-corrected chi connectivity index (χ2v) is 7.10. The van der Waals surface area contributed by atoms with Crippen molar-refractivity contribution in [3.8, 4) is 5.75 Å². The minimum Gasteiger partial charge on any atom is -0.495 e. The van der Waals surface area contributed by atoms with Crippen LogP contribution in [0.1, 0.15) is 37.8 Å². The summed E-state index contributed by atoms with van der Waals surface area (Å²) >= 11 is 6.07. The Kier molecular flexibility index (Phi) is 6.86. The molecule has 0 aliphatic carbocycles. The lowest BCUT2D eigenvalue weighted by Gasteiger charge is -2.24. The fourth-order valence-electron chi connectivity index (χ4n) is 2.91. The molecule has 0 unspecified atom stereocenters. The maximum atomic E-state index is 12.7. The topological polar surface area (TPSA) is 58.6 Å². The monoisotopic (exact) mass is 388 g/mol. The van der Waals surface area contributed by atoms with E-state index in [-0.39, 0.29) is 24.3 Å². The van der Waals surface area contributed by atoms with Gasteiger partial charge in [0.2, 0.25) is 11.8 Å². The second kappa shape index (κ2) is 8.91. The normalized spacial score (nSPS) is 10.6. The molecular formula is C21H25ClN2O3. The van der Waals surface area contributed by atoms with E-state index in [1.807, 2.05) is 25.1 Å². The van der Waals surface area contributed by atoms with Crippen molar-refractivity contribution in [1.29, 1.82) is 0 Å². The van der Waals surface area contributed by atoms with E-state index in [0.717, 1.165) is 16.8 Å². The number of hydrogen-bond donors (Lipinski definition) is 1. The molecule has 0 heterocycles. The Morgan fingerprint density at radius 1 is 1.22 bits per heavy atom. The van der Waals surface area contributed by atoms with Crippen molar-refractivity contribution < 1.29 is 14.3 Å². The summed E-state index contributed by atoms with van der Waals surface area (Å²) in [4.78, 5) is 26.3. The SMILES string of the molecule is COc1ccc(Cl)cc1N(CC(=O)Nc1c(C)cccc1C(C)C)C(C)=O. The number of nitrogens with one attached hydrogen (secondary N) is 1. The fraction of sp³-hybridized carbons (Fsp3) is 0.333. The van der Waals surface area contributed by atoms with E-state index < -0.39 is 0 Å². The van der Waals surface area contributed by atoms with Gasteiger partial charge < -0.3 is 10.1 Å². The summed E-state index contributed by atoms with van der Waals surface area (Å²) in [5, 5.41) is 3.42. The Balaban J connectivity index is 2.30. The van der Waals surface area contributed by atoms with Crippen molar-refractivity contribution >= 4 is 34.8 Å². The van der Waals surface area contributed by atoms with E-state index in [4.69, 9.17) is 16.3 Å². The summed E-state index contributed by atoms with van der Waals surface area (Å²) in [7, 11) is 1.51. The molecule has 0 fully saturated rings. The predicted octanol–water partition coefficient (Wildman–Crippen LogP) is 4.77. The largest absolute Gasteiger partial charge is 0.495 e. The first-order valence-electron chi connectivity index (χ1n) is 8.75. The number of aryl methyl sites for hydroxylation is 1. The summed E-state index contributed by atoms with van der Waals surface area (Å²) in [6, 6.07) is 10.9. The average Bonchev–Trinajstić information content (AvgIpc) is 2.60. The number of hydrogen-bond acceptors (Lipinski definition) is 3. The van der Waals surface area contributed by atoms with Gasteiger partial charge in [-0.25, -0.2) is 0 Å². The Morgan fingerprint density at radius 3 is 2.52 bits per heavy atom. The first kappa shape index (κ1) is 20.8. The zero-order chi connectivity index (χ0) is 20.1. The van der Waals surface area contributed by atoms with Crippen molar-refractivity contribution in [1.82, 2.24) is 0 Å². The molecule has 0 radical (unpaired) electrons. The Labute approximate surface area is 165 Å². The molecule has 2 rings (SSSR count). The van der Waals surface area contributed by atoms with E-state index in [1.165, 1.54) is 18.9 Å². The molecule has 0 saturated carbocycles. The summed E-state index contributed by atoms with van der Waals surface area (Å²) < 4.78 is 5.32. The number of amides is 2. The molecule has 2 amide bonds. The first-order valence-corrected chi connectivity index (χ1v) is 9.13. The van der Waals surface area contributed by atoms with Crippen LogP contribution in [0.2, 0.25) is 5.02 Å². The minimum absolute atomic E-state index is 0.141. The molecule has 0 atom stereocenters. The lowest BCUT2D eigenvalue weighted by molar-refractivity contribution is -0.120. The molecule has 5 nitrogen and oxygen atoms in total. The molecule has 0 aliphatic rings. The molecule has 6 heteroatoms. The summed E-state index contributed by atoms with van der Waals surface area (Å²) in [5.74, 6) is 0.168. The van der Waals surface area contributed by atoms with Crippen molar-refractivity contribution in [3.63, 3.8) is 0 Å². The zero-order valence-electron chi connectivity index (χ0n) is 16.3. The summed E-state index contributed by atoms with van der Waals surface area (Å²) in [6.07, 6.45) is 0. The van der Waals surface area contributed by atoms with Gasteiger partial charge in [-0.05, 0) is 42.2 Å². The van der Waals surface area contributed by atoms with Crippen LogP contribution in [0.4, 0.5) is 11.4 Å². The van der Waals surface area contributed by atoms with Crippen LogP contribution in [0.25, 0.3) is 0 Å². The smallest absolute Gasteiger partial charge is 0.244 e. The van der Waals surface area contributed by atoms with Crippen LogP contribution in [0.3, 0.4) is 0 Å². The van der Waals surface area contributed by atoms with Crippen LogP contribution in [0.15, 0.2) is 36.4 Å². The average molecular weight is 389 g/mol. The van der Waals surface area contributed by atoms with Crippen molar-refractivity contribution in [3.05, 3.63) is 52.5 Å². The van der Waals surface area contributed by atoms with Gasteiger partial charge in [-0.2, -0.15) is 0 Å². The molecule has 0 aromatic heterocycles. The van der Waals surface area contributed by atoms with Crippen molar-refractivity contribution in [2.24, 2.45) is 0 Å². The number of para-hydroxylation sites is 1. The number of carbonyl (C=O) groups excluding carboxylic acids is 2. The molecular weight excluding hydrogens is 364 g/mol. The summed E-state index contributed by atoms with van der Waals surface area (Å²) in [5.41, 5.74) is 3.28. The number of halogens is 1. The van der Waals surface area contributed by atoms with E-state index in [9.17, 15) is 9.59 Å². The van der Waals surface area contributed by atoms with E-state index >= 15 is 0 Å². The first-order chi connectivity index (χ1) is 12.7. The van der Waals surface area contributed by atoms with Gasteiger partial charge in [0.1, 0.15) is 12.3 Å². The number of carbonyl (C=O) groups is 2. The summed E-state index contributed by atoms with van der Waals surface area (Å²) in [6.45, 7) is 7.36. The maximum absolute atomic E-state index is 12.7. The third-order valence-corrected chi connectivity index (χ3v) is 4.54. The van der Waals surface area contributed by atoms with E-state index in [2.05, 4.69) is 19.2 Å². The quantitative estimate of drug-likeness (QED) is 0.775. The number of nitrogens with zero attached hydrogens (tertiary/aromatic N) is 1. The van der Waals surface area contributed by atoms with Gasteiger partial charge in [0, 0.05) is 17.6 Å². The van der Waals surface area contributed by atoms with Gasteiger partial charge >= 0.3 is 0 Å². The number of anilines is 2. The highest BCUT2D eigenvalue weighted by molar-refractivity contribution is 6.31. The number of benzene rings is 2. The number of rotatable bonds is 6. The lowest BCUT2D eigenvalue weighted by atomic mass is 9.98. The number of ether oxygens (including phenoxy) is 1. The molecule has 27 heavy (non-hydrogen) atoms. The Bertz CT molecular complexity index is 849. The van der Waals surface area contributed by atoms with Crippen molar-refractivity contribution in [2.45, 2.75) is 33.6 Å². The Hall–Kier alpha value is -2.53. The van der Waals surface area contributed by atoms with E-state index in [0.29, 0.717) is 16.5 Å². The van der Waals surface area contributed by atoms with Crippen LogP contribution in [-0.4, -0.2) is 25.5 Å². The van der Waals surface area contributed by atoms with Crippen LogP contribution in [0.5, 0.6) is 5.75 Å². The highest BCUT2D eigenvalue weighted by atomic mass is 35.5. The van der Waals surface area contributed by atoms with Gasteiger partial charge in [0.15, 0.2) is 0 Å². The highest BCUT2D eigenvalue weighted by Gasteiger charge is 2.21. The third-order valence-electron chi connectivity index (χ3n) is 4.30. The van der Waals surface area contributed by atoms with Crippen LogP contribution in [0, 0.1) is 6.92 Å². The van der Waals surface area contributed by atoms with Gasteiger partial charge in [-0.15, -0.1) is 0 Å². The van der Waals surface area contributed by atoms with Crippen LogP contribution in [-0.2, 0) is 9.59 Å². The molecule has 0 bridgehead atoms. The molecule has 2 aromatic carbocycles. The standard InChI is InChI=1S/C21H25ClN2O3/c1-13(2)17-8-6-7-14(3)21(17)23-20(26)12-24(15(4)25)18-11-16(22)9-10-19(18)27-5/h6-11,13H,12H2,1-5H3,(H,23,26). The highest BCUT2D eigenvalue weighted by Crippen LogP contribution is 2.32. The van der Waals surface area contributed by atoms with Gasteiger partial charge in [-0.3, -0.25) is 14.5 Å². The van der Waals surface area contributed by atoms with Crippen molar-refractivity contribution in [2.75, 3.05) is 23.9 Å². The Morgan fingerprint density at radius 2 is 1.93 bits per heavy atom. The van der Waals surface area contributed by atoms with Gasteiger partial charge in [0.05, 0.1) is 12.8 Å². The van der Waals surface area contributed by atoms with Gasteiger partial charge in [-0.1, -0.05) is 43.6 Å². The maximum Gasteiger partial charge on any atom is 0.244 e. The minimum atomic E-state index is -0.288. The van der Waals surface area contributed by atoms with Gasteiger partial charge in [0.25, 0.3) is 0 Å². The molecule has 0 spiro atoms. The molecule has 0 aliphatic heterocycles. The lowest BCUT2D eigenvalue weighted by Crippen LogP contribution is -2.37. The predicted molar refractivity (Wildman–Crippen MR) is 110 cm³/mol. The second-order valence-electron chi connectivity index (χ2n) is 6.66. The molecule has 0 saturated heterocycles. The fourth-order valence-corrected chi connectivity index (χ4v) is 3.07.